The fraction of sp³-hybridized carbons (Fsp3) is 0.744. The molecule has 1 saturated carbocycles. The van der Waals surface area contributed by atoms with Crippen molar-refractivity contribution in [1.29, 1.82) is 0 Å². The van der Waals surface area contributed by atoms with E-state index in [1.807, 2.05) is 0 Å². The first-order valence-corrected chi connectivity index (χ1v) is 20.1. The number of hydrogen-bond acceptors (Lipinski definition) is 23. The lowest BCUT2D eigenvalue weighted by Crippen LogP contribution is -2.71. The van der Waals surface area contributed by atoms with Crippen molar-refractivity contribution in [3.63, 3.8) is 0 Å². The molecular formula is C39H56N4O21. The zero-order chi connectivity index (χ0) is 47.7. The Morgan fingerprint density at radius 3 is 1.33 bits per heavy atom. The number of amidine groups is 1. The molecule has 64 heavy (non-hydrogen) atoms. The van der Waals surface area contributed by atoms with Crippen molar-refractivity contribution in [2.75, 3.05) is 33.9 Å². The number of carbonyl (C=O) groups excluding carboxylic acids is 9. The Morgan fingerprint density at radius 2 is 0.906 bits per heavy atom. The summed E-state index contributed by atoms with van der Waals surface area (Å²) in [5.41, 5.74) is 0. The highest BCUT2D eigenvalue weighted by atomic mass is 16.8. The monoisotopic (exact) mass is 916 g/mol. The molecule has 358 valence electrons. The molecule has 4 rings (SSSR count). The SMILES string of the molecule is CC(=O)N[C@H]1[C@H](O[C@H]2[C@@H](OC(C)=O)[C@@H](NC(C)=O)[C@H](O[C@@H]3[C@@H](COC(C)=O)[C@@H]4OC(N(C)C)=N[C@@H]4[C@H]3OC(C)=O)O[C@@H]2COC(C)=O)O[C@H](COC(C)=O)[C@@H](OC(C)=O)[C@H]1OC(C)=O. The van der Waals surface area contributed by atoms with Gasteiger partial charge in [0.15, 0.2) is 37.0 Å². The van der Waals surface area contributed by atoms with E-state index < -0.39 is 158 Å². The highest BCUT2D eigenvalue weighted by Gasteiger charge is 2.62. The second-order valence-corrected chi connectivity index (χ2v) is 15.5. The fourth-order valence-electron chi connectivity index (χ4n) is 7.73. The van der Waals surface area contributed by atoms with E-state index in [-0.39, 0.29) is 12.6 Å². The van der Waals surface area contributed by atoms with Crippen molar-refractivity contribution in [3.8, 4) is 0 Å². The van der Waals surface area contributed by atoms with Crippen LogP contribution in [0, 0.1) is 5.92 Å². The number of aliphatic imine (C=N–C) groups is 1. The number of fused-ring (bicyclic) bond motifs is 1. The third-order valence-corrected chi connectivity index (χ3v) is 9.93. The van der Waals surface area contributed by atoms with Gasteiger partial charge in [0, 0.05) is 76.4 Å². The van der Waals surface area contributed by atoms with Gasteiger partial charge in [0.25, 0.3) is 6.02 Å². The summed E-state index contributed by atoms with van der Waals surface area (Å²) in [4.78, 5) is 119. The van der Waals surface area contributed by atoms with Gasteiger partial charge in [-0.05, 0) is 0 Å². The number of hydrogen-bond donors (Lipinski definition) is 2. The predicted molar refractivity (Wildman–Crippen MR) is 208 cm³/mol. The van der Waals surface area contributed by atoms with Crippen LogP contribution in [-0.4, -0.2) is 184 Å². The molecule has 3 heterocycles. The molecule has 0 bridgehead atoms. The van der Waals surface area contributed by atoms with Crippen molar-refractivity contribution < 1.29 is 100.0 Å². The molecule has 0 aromatic carbocycles. The summed E-state index contributed by atoms with van der Waals surface area (Å²) in [7, 11) is 3.35. The topological polar surface area (TPSA) is 304 Å². The van der Waals surface area contributed by atoms with E-state index in [1.165, 1.54) is 6.92 Å². The van der Waals surface area contributed by atoms with Crippen molar-refractivity contribution in [1.82, 2.24) is 15.5 Å². The van der Waals surface area contributed by atoms with Gasteiger partial charge in [0.2, 0.25) is 11.8 Å². The third kappa shape index (κ3) is 13.4. The molecule has 0 aromatic heterocycles. The largest absolute Gasteiger partial charge is 0.465 e. The van der Waals surface area contributed by atoms with Crippen LogP contribution in [0.4, 0.5) is 0 Å². The van der Waals surface area contributed by atoms with Crippen LogP contribution in [0.1, 0.15) is 62.3 Å². The quantitative estimate of drug-likeness (QED) is 0.124. The van der Waals surface area contributed by atoms with Gasteiger partial charge in [-0.3, -0.25) is 43.2 Å². The van der Waals surface area contributed by atoms with Gasteiger partial charge in [-0.25, -0.2) is 4.99 Å². The molecule has 15 atom stereocenters. The minimum Gasteiger partial charge on any atom is -0.465 e. The van der Waals surface area contributed by atoms with Gasteiger partial charge >= 0.3 is 41.8 Å². The Balaban J connectivity index is 1.87. The first-order chi connectivity index (χ1) is 30.0. The maximum absolute atomic E-state index is 13.0. The molecule has 2 N–H and O–H groups in total. The highest BCUT2D eigenvalue weighted by molar-refractivity contribution is 5.76. The van der Waals surface area contributed by atoms with E-state index in [0.29, 0.717) is 0 Å². The first kappa shape index (κ1) is 51.0. The molecule has 4 aliphatic rings. The molecule has 0 aromatic rings. The molecule has 0 spiro atoms. The summed E-state index contributed by atoms with van der Waals surface area (Å²) < 4.78 is 70.5. The Hall–Kier alpha value is -5.66. The lowest BCUT2D eigenvalue weighted by Gasteiger charge is -2.50. The van der Waals surface area contributed by atoms with Crippen LogP contribution in [-0.2, 0) is 100.0 Å². The Labute approximate surface area is 367 Å². The second-order valence-electron chi connectivity index (χ2n) is 15.5. The third-order valence-electron chi connectivity index (χ3n) is 9.93. The average Bonchev–Trinajstić information content (AvgIpc) is 3.70. The molecule has 3 aliphatic heterocycles. The zero-order valence-corrected chi connectivity index (χ0v) is 37.2. The maximum Gasteiger partial charge on any atom is 0.303 e. The molecule has 25 heteroatoms. The van der Waals surface area contributed by atoms with Crippen LogP contribution in [0.3, 0.4) is 0 Å². The standard InChI is InChI=1S/C39H56N4O21/c1-15(44)40-28-35(58-22(8)51)32(56-20(6)49)25(13-54-18(4)47)60-38(28)63-33-26(14-55-19(5)48)61-37(29(41-16(2)45)36(33)59-23(9)52)62-31-24(12-53-17(3)46)30-27(34(31)57-21(7)50)42-39(64-30)43(10)11/h24-38H,12-14H2,1-11H3,(H,40,44)(H,41,45)/t24-,25+,26+,27-,28+,29+,30-,31+,32+,33+,34+,35-,36-,37-,38-/m0/s1. The number of rotatable bonds is 16. The van der Waals surface area contributed by atoms with Crippen molar-refractivity contribution in [2.24, 2.45) is 10.9 Å². The van der Waals surface area contributed by atoms with E-state index in [9.17, 15) is 43.2 Å². The molecular weight excluding hydrogens is 860 g/mol. The van der Waals surface area contributed by atoms with E-state index in [4.69, 9.17) is 56.8 Å². The molecule has 2 amide bonds. The number of amides is 2. The van der Waals surface area contributed by atoms with E-state index in [1.54, 1.807) is 19.0 Å². The maximum atomic E-state index is 13.0. The minimum absolute atomic E-state index is 0.188. The fourth-order valence-corrected chi connectivity index (χ4v) is 7.73. The molecule has 0 radical (unpaired) electrons. The van der Waals surface area contributed by atoms with Crippen LogP contribution >= 0.6 is 0 Å². The van der Waals surface area contributed by atoms with Gasteiger partial charge in [-0.1, -0.05) is 0 Å². The predicted octanol–water partition coefficient (Wildman–Crippen LogP) is -2.05. The van der Waals surface area contributed by atoms with Gasteiger partial charge < -0.3 is 72.4 Å². The summed E-state index contributed by atoms with van der Waals surface area (Å²) in [5, 5.41) is 5.21. The lowest BCUT2D eigenvalue weighted by atomic mass is 9.93. The first-order valence-electron chi connectivity index (χ1n) is 20.1. The van der Waals surface area contributed by atoms with E-state index in [2.05, 4.69) is 15.6 Å². The molecule has 2 saturated heterocycles. The van der Waals surface area contributed by atoms with Crippen LogP contribution in [0.2, 0.25) is 0 Å². The van der Waals surface area contributed by atoms with Crippen LogP contribution < -0.4 is 10.6 Å². The van der Waals surface area contributed by atoms with Gasteiger partial charge in [-0.15, -0.1) is 0 Å². The lowest BCUT2D eigenvalue weighted by molar-refractivity contribution is -0.340. The van der Waals surface area contributed by atoms with Crippen molar-refractivity contribution in [2.45, 2.75) is 148 Å². The normalized spacial score (nSPS) is 32.8. The molecule has 25 nitrogen and oxygen atoms in total. The van der Waals surface area contributed by atoms with Crippen molar-refractivity contribution >= 4 is 59.6 Å². The summed E-state index contributed by atoms with van der Waals surface area (Å²) in [6.07, 6.45) is -16.2. The number of carbonyl (C=O) groups is 9. The summed E-state index contributed by atoms with van der Waals surface area (Å²) in [6, 6.07) is -3.78. The number of ether oxygens (including phenoxy) is 12. The average molecular weight is 917 g/mol. The second kappa shape index (κ2) is 22.3. The van der Waals surface area contributed by atoms with Crippen LogP contribution in [0.25, 0.3) is 0 Å². The summed E-state index contributed by atoms with van der Waals surface area (Å²) in [5.74, 6) is -8.00. The van der Waals surface area contributed by atoms with Gasteiger partial charge in [0.1, 0.15) is 68.5 Å². The van der Waals surface area contributed by atoms with E-state index >= 15 is 0 Å². The Morgan fingerprint density at radius 1 is 0.516 bits per heavy atom. The van der Waals surface area contributed by atoms with Crippen LogP contribution in [0.5, 0.6) is 0 Å². The minimum atomic E-state index is -1.78. The molecule has 0 unspecified atom stereocenters. The number of esters is 7. The Bertz CT molecular complexity index is 1810. The van der Waals surface area contributed by atoms with Crippen LogP contribution in [0.15, 0.2) is 4.99 Å². The van der Waals surface area contributed by atoms with Gasteiger partial charge in [-0.2, -0.15) is 0 Å². The molecule has 3 fully saturated rings. The zero-order valence-electron chi connectivity index (χ0n) is 37.2. The molecule has 1 aliphatic carbocycles. The van der Waals surface area contributed by atoms with E-state index in [0.717, 1.165) is 55.4 Å². The Kier molecular flexibility index (Phi) is 17.8. The van der Waals surface area contributed by atoms with Gasteiger partial charge in [0.05, 0.1) is 5.92 Å². The number of nitrogens with zero attached hydrogens (tertiary/aromatic N) is 2. The van der Waals surface area contributed by atoms with Crippen molar-refractivity contribution in [3.05, 3.63) is 0 Å². The summed E-state index contributed by atoms with van der Waals surface area (Å²) in [6.45, 7) is 8.33. The highest BCUT2D eigenvalue weighted by Crippen LogP contribution is 2.42. The summed E-state index contributed by atoms with van der Waals surface area (Å²) >= 11 is 0. The number of nitrogens with one attached hydrogen (secondary N) is 2. The smallest absolute Gasteiger partial charge is 0.303 e.